The predicted octanol–water partition coefficient (Wildman–Crippen LogP) is 5.83. The van der Waals surface area contributed by atoms with E-state index >= 15 is 0 Å². The molecule has 0 unspecified atom stereocenters. The molecule has 0 saturated carbocycles. The number of amides is 2. The molecule has 1 aromatic heterocycles. The molecule has 0 aliphatic heterocycles. The van der Waals surface area contributed by atoms with E-state index in [2.05, 4.69) is 48.3 Å². The minimum atomic E-state index is -1.17. The van der Waals surface area contributed by atoms with Crippen molar-refractivity contribution in [1.29, 1.82) is 0 Å². The lowest BCUT2D eigenvalue weighted by Crippen LogP contribution is -2.51. The number of nitrogens with zero attached hydrogens (tertiary/aromatic N) is 2. The first-order valence-electron chi connectivity index (χ1n) is 15.0. The van der Waals surface area contributed by atoms with Crippen LogP contribution in [0.5, 0.6) is 5.75 Å². The molecule has 2 amide bonds. The van der Waals surface area contributed by atoms with E-state index in [9.17, 15) is 19.5 Å². The van der Waals surface area contributed by atoms with E-state index in [1.165, 1.54) is 6.92 Å². The lowest BCUT2D eigenvalue weighted by molar-refractivity contribution is -0.141. The summed E-state index contributed by atoms with van der Waals surface area (Å²) < 4.78 is 5.65. The molecular formula is C36H40N4O5. The van der Waals surface area contributed by atoms with E-state index < -0.39 is 29.9 Å². The largest absolute Gasteiger partial charge is 0.494 e. The highest BCUT2D eigenvalue weighted by Gasteiger charge is 2.25. The van der Waals surface area contributed by atoms with Gasteiger partial charge in [-0.3, -0.25) is 14.4 Å². The SMILES string of the molecule is CCCOc1ccc(-c2cnc(-c3ccc(C[C@H](NC(=O)c4ccc(C(C)(C)C)cc4)C(=O)N[C@H](C)C(=O)O)cc3)nc2)cc1. The van der Waals surface area contributed by atoms with Crippen molar-refractivity contribution in [2.75, 3.05) is 6.61 Å². The maximum absolute atomic E-state index is 13.1. The minimum absolute atomic E-state index is 0.0700. The Labute approximate surface area is 264 Å². The summed E-state index contributed by atoms with van der Waals surface area (Å²) in [7, 11) is 0. The number of carbonyl (C=O) groups excluding carboxylic acids is 2. The summed E-state index contributed by atoms with van der Waals surface area (Å²) in [6, 6.07) is 20.3. The van der Waals surface area contributed by atoms with Crippen molar-refractivity contribution in [2.24, 2.45) is 0 Å². The molecule has 0 spiro atoms. The molecule has 1 heterocycles. The second kappa shape index (κ2) is 14.6. The zero-order valence-corrected chi connectivity index (χ0v) is 26.3. The van der Waals surface area contributed by atoms with Gasteiger partial charge in [0.25, 0.3) is 5.91 Å². The summed E-state index contributed by atoms with van der Waals surface area (Å²) >= 11 is 0. The van der Waals surface area contributed by atoms with Crippen molar-refractivity contribution in [1.82, 2.24) is 20.6 Å². The van der Waals surface area contributed by atoms with E-state index in [4.69, 9.17) is 4.74 Å². The summed E-state index contributed by atoms with van der Waals surface area (Å²) in [6.07, 6.45) is 4.64. The van der Waals surface area contributed by atoms with E-state index in [-0.39, 0.29) is 11.8 Å². The number of aromatic nitrogens is 2. The maximum Gasteiger partial charge on any atom is 0.325 e. The Morgan fingerprint density at radius 3 is 1.98 bits per heavy atom. The van der Waals surface area contributed by atoms with E-state index in [0.717, 1.165) is 40.0 Å². The van der Waals surface area contributed by atoms with Crippen LogP contribution in [0.2, 0.25) is 0 Å². The molecule has 9 nitrogen and oxygen atoms in total. The fourth-order valence-corrected chi connectivity index (χ4v) is 4.56. The molecule has 0 radical (unpaired) electrons. The van der Waals surface area contributed by atoms with Crippen molar-refractivity contribution >= 4 is 17.8 Å². The summed E-state index contributed by atoms with van der Waals surface area (Å²) in [6.45, 7) is 10.4. The molecular weight excluding hydrogens is 568 g/mol. The van der Waals surface area contributed by atoms with Gasteiger partial charge in [-0.15, -0.1) is 0 Å². The number of aliphatic carboxylic acids is 1. The molecule has 0 aliphatic carbocycles. The number of rotatable bonds is 12. The number of hydrogen-bond acceptors (Lipinski definition) is 6. The van der Waals surface area contributed by atoms with Gasteiger partial charge >= 0.3 is 5.97 Å². The Balaban J connectivity index is 1.47. The van der Waals surface area contributed by atoms with Crippen molar-refractivity contribution in [3.63, 3.8) is 0 Å². The van der Waals surface area contributed by atoms with Crippen LogP contribution in [-0.4, -0.2) is 51.5 Å². The van der Waals surface area contributed by atoms with Crippen LogP contribution in [0.3, 0.4) is 0 Å². The van der Waals surface area contributed by atoms with Crippen LogP contribution in [-0.2, 0) is 21.4 Å². The van der Waals surface area contributed by atoms with Gasteiger partial charge in [0.05, 0.1) is 6.61 Å². The van der Waals surface area contributed by atoms with Crippen molar-refractivity contribution in [3.8, 4) is 28.3 Å². The second-order valence-electron chi connectivity index (χ2n) is 12.0. The normalized spacial score (nSPS) is 12.6. The van der Waals surface area contributed by atoms with Gasteiger partial charge in [-0.2, -0.15) is 0 Å². The Morgan fingerprint density at radius 2 is 1.42 bits per heavy atom. The fraction of sp³-hybridized carbons (Fsp3) is 0.306. The van der Waals surface area contributed by atoms with Crippen molar-refractivity contribution < 1.29 is 24.2 Å². The van der Waals surface area contributed by atoms with Crippen LogP contribution < -0.4 is 15.4 Å². The number of carboxylic acids is 1. The Hall–Kier alpha value is -5.05. The number of hydrogen-bond donors (Lipinski definition) is 3. The third-order valence-electron chi connectivity index (χ3n) is 7.33. The third kappa shape index (κ3) is 8.98. The third-order valence-corrected chi connectivity index (χ3v) is 7.33. The Bertz CT molecular complexity index is 1590. The molecule has 4 aromatic rings. The van der Waals surface area contributed by atoms with Crippen LogP contribution in [0.4, 0.5) is 0 Å². The molecule has 3 aromatic carbocycles. The van der Waals surface area contributed by atoms with Crippen molar-refractivity contribution in [2.45, 2.75) is 65.0 Å². The van der Waals surface area contributed by atoms with Gasteiger partial charge in [0.1, 0.15) is 17.8 Å². The maximum atomic E-state index is 13.1. The number of ether oxygens (including phenoxy) is 1. The number of carbonyl (C=O) groups is 3. The lowest BCUT2D eigenvalue weighted by Gasteiger charge is -2.21. The lowest BCUT2D eigenvalue weighted by atomic mass is 9.86. The van der Waals surface area contributed by atoms with Gasteiger partial charge < -0.3 is 20.5 Å². The van der Waals surface area contributed by atoms with Crippen LogP contribution in [0.25, 0.3) is 22.5 Å². The standard InChI is InChI=1S/C36H40N4O5/c1-6-19-45-30-17-13-25(14-18-30)28-21-37-32(38-22-28)26-9-7-24(8-10-26)20-31(34(42)39-23(2)35(43)44)40-33(41)27-11-15-29(16-12-27)36(3,4)5/h7-18,21-23,31H,6,19-20H2,1-5H3,(H,39,42)(H,40,41)(H,43,44)/t23-,31+/m1/s1. The van der Waals surface area contributed by atoms with Gasteiger partial charge in [-0.1, -0.05) is 76.2 Å². The Kier molecular flexibility index (Phi) is 10.7. The number of nitrogens with one attached hydrogen (secondary N) is 2. The predicted molar refractivity (Wildman–Crippen MR) is 174 cm³/mol. The summed E-state index contributed by atoms with van der Waals surface area (Å²) in [5.74, 6) is -0.808. The molecule has 0 saturated heterocycles. The van der Waals surface area contributed by atoms with Gasteiger partial charge in [0.2, 0.25) is 5.91 Å². The first kappa shape index (κ1) is 32.9. The van der Waals surface area contributed by atoms with Crippen LogP contribution in [0, 0.1) is 0 Å². The van der Waals surface area contributed by atoms with Crippen molar-refractivity contribution in [3.05, 3.63) is 102 Å². The van der Waals surface area contributed by atoms with Crippen LogP contribution in [0.1, 0.15) is 62.5 Å². The molecule has 45 heavy (non-hydrogen) atoms. The average molecular weight is 609 g/mol. The zero-order chi connectivity index (χ0) is 32.6. The topological polar surface area (TPSA) is 131 Å². The number of carboxylic acid groups (broad SMARTS) is 1. The van der Waals surface area contributed by atoms with Gasteiger partial charge in [0.15, 0.2) is 5.82 Å². The molecule has 0 aliphatic rings. The first-order chi connectivity index (χ1) is 21.4. The molecule has 4 rings (SSSR count). The molecule has 0 fully saturated rings. The molecule has 234 valence electrons. The summed E-state index contributed by atoms with van der Waals surface area (Å²) in [4.78, 5) is 46.7. The summed E-state index contributed by atoms with van der Waals surface area (Å²) in [5.41, 5.74) is 4.83. The molecule has 9 heteroatoms. The van der Waals surface area contributed by atoms with Crippen LogP contribution in [0.15, 0.2) is 85.2 Å². The number of benzene rings is 3. The highest BCUT2D eigenvalue weighted by Crippen LogP contribution is 2.24. The van der Waals surface area contributed by atoms with E-state index in [1.54, 1.807) is 24.5 Å². The Morgan fingerprint density at radius 1 is 0.822 bits per heavy atom. The quantitative estimate of drug-likeness (QED) is 0.185. The van der Waals surface area contributed by atoms with Gasteiger partial charge in [-0.25, -0.2) is 9.97 Å². The zero-order valence-electron chi connectivity index (χ0n) is 26.3. The van der Waals surface area contributed by atoms with E-state index in [1.807, 2.05) is 60.7 Å². The van der Waals surface area contributed by atoms with Crippen LogP contribution >= 0.6 is 0 Å². The first-order valence-corrected chi connectivity index (χ1v) is 15.0. The second-order valence-corrected chi connectivity index (χ2v) is 12.0. The van der Waals surface area contributed by atoms with Gasteiger partial charge in [0, 0.05) is 35.5 Å². The molecule has 0 bridgehead atoms. The molecule has 2 atom stereocenters. The highest BCUT2D eigenvalue weighted by molar-refractivity contribution is 5.98. The average Bonchev–Trinajstić information content (AvgIpc) is 3.03. The monoisotopic (exact) mass is 608 g/mol. The summed E-state index contributed by atoms with van der Waals surface area (Å²) in [5, 5.41) is 14.6. The van der Waals surface area contributed by atoms with Gasteiger partial charge in [-0.05, 0) is 59.7 Å². The molecule has 3 N–H and O–H groups in total. The fourth-order valence-electron chi connectivity index (χ4n) is 4.56. The minimum Gasteiger partial charge on any atom is -0.494 e. The highest BCUT2D eigenvalue weighted by atomic mass is 16.5. The smallest absolute Gasteiger partial charge is 0.325 e. The van der Waals surface area contributed by atoms with E-state index in [0.29, 0.717) is 18.0 Å².